The molecule has 0 aromatic heterocycles. The molecule has 0 bridgehead atoms. The highest BCUT2D eigenvalue weighted by Gasteiger charge is 2.10. The minimum Gasteiger partial charge on any atom is -0.465 e. The number of carbonyl (C=O) groups excluding carboxylic acids is 1. The van der Waals surface area contributed by atoms with Crippen LogP contribution >= 0.6 is 0 Å². The maximum absolute atomic E-state index is 11.5. The van der Waals surface area contributed by atoms with Crippen LogP contribution in [0.25, 0.3) is 0 Å². The van der Waals surface area contributed by atoms with Gasteiger partial charge in [0.2, 0.25) is 0 Å². The second kappa shape index (κ2) is 6.19. The Morgan fingerprint density at radius 1 is 1.33 bits per heavy atom. The summed E-state index contributed by atoms with van der Waals surface area (Å²) >= 11 is 0. The Hall–Kier alpha value is -1.84. The normalized spacial score (nSPS) is 11.6. The van der Waals surface area contributed by atoms with Gasteiger partial charge in [0.1, 0.15) is 6.10 Å². The average Bonchev–Trinajstić information content (AvgIpc) is 2.34. The van der Waals surface area contributed by atoms with Crippen molar-refractivity contribution in [3.8, 4) is 0 Å². The van der Waals surface area contributed by atoms with Crippen LogP contribution in [0.4, 0.5) is 0 Å². The molecule has 0 aliphatic heterocycles. The van der Waals surface area contributed by atoms with Crippen LogP contribution in [0.2, 0.25) is 0 Å². The summed E-state index contributed by atoms with van der Waals surface area (Å²) in [7, 11) is 1.37. The molecule has 0 atom stereocenters. The van der Waals surface area contributed by atoms with Crippen LogP contribution in [-0.4, -0.2) is 24.9 Å². The van der Waals surface area contributed by atoms with Crippen LogP contribution in [0.15, 0.2) is 23.4 Å². The van der Waals surface area contributed by atoms with Gasteiger partial charge in [-0.2, -0.15) is 0 Å². The SMILES string of the molecule is COC(=O)c1ccc(/C(C)=N/OC(C)C)cc1C. The zero-order chi connectivity index (χ0) is 13.7. The zero-order valence-corrected chi connectivity index (χ0v) is 11.5. The summed E-state index contributed by atoms with van der Waals surface area (Å²) in [6.45, 7) is 7.58. The Morgan fingerprint density at radius 3 is 2.50 bits per heavy atom. The number of hydrogen-bond acceptors (Lipinski definition) is 4. The van der Waals surface area contributed by atoms with Gasteiger partial charge in [-0.05, 0) is 51.0 Å². The van der Waals surface area contributed by atoms with Gasteiger partial charge in [-0.15, -0.1) is 0 Å². The van der Waals surface area contributed by atoms with E-state index < -0.39 is 0 Å². The lowest BCUT2D eigenvalue weighted by Crippen LogP contribution is -2.06. The van der Waals surface area contributed by atoms with Gasteiger partial charge < -0.3 is 9.57 Å². The molecule has 0 radical (unpaired) electrons. The van der Waals surface area contributed by atoms with Crippen LogP contribution in [0, 0.1) is 6.92 Å². The molecular formula is C14H19NO3. The van der Waals surface area contributed by atoms with Crippen molar-refractivity contribution in [3.05, 3.63) is 34.9 Å². The highest BCUT2D eigenvalue weighted by Crippen LogP contribution is 2.13. The summed E-state index contributed by atoms with van der Waals surface area (Å²) in [5, 5.41) is 4.03. The Labute approximate surface area is 108 Å². The third-order valence-electron chi connectivity index (χ3n) is 2.45. The van der Waals surface area contributed by atoms with Crippen LogP contribution in [0.3, 0.4) is 0 Å². The Balaban J connectivity index is 2.97. The lowest BCUT2D eigenvalue weighted by molar-refractivity contribution is 0.0600. The number of carbonyl (C=O) groups is 1. The minimum absolute atomic E-state index is 0.0513. The van der Waals surface area contributed by atoms with Crippen LogP contribution in [0.5, 0.6) is 0 Å². The van der Waals surface area contributed by atoms with Crippen LogP contribution in [0.1, 0.15) is 42.3 Å². The molecular weight excluding hydrogens is 230 g/mol. The summed E-state index contributed by atoms with van der Waals surface area (Å²) in [6, 6.07) is 5.47. The van der Waals surface area contributed by atoms with Gasteiger partial charge in [0.05, 0.1) is 18.4 Å². The predicted octanol–water partition coefficient (Wildman–Crippen LogP) is 2.93. The van der Waals surface area contributed by atoms with Gasteiger partial charge in [0, 0.05) is 0 Å². The highest BCUT2D eigenvalue weighted by atomic mass is 16.6. The number of hydrogen-bond donors (Lipinski definition) is 0. The number of aryl methyl sites for hydroxylation is 1. The van der Waals surface area contributed by atoms with Crippen molar-refractivity contribution >= 4 is 11.7 Å². The molecule has 1 aromatic carbocycles. The molecule has 0 unspecified atom stereocenters. The molecule has 0 heterocycles. The topological polar surface area (TPSA) is 47.9 Å². The lowest BCUT2D eigenvalue weighted by atomic mass is 10.0. The molecule has 4 heteroatoms. The first-order chi connectivity index (χ1) is 8.45. The fourth-order valence-electron chi connectivity index (χ4n) is 1.46. The number of methoxy groups -OCH3 is 1. The van der Waals surface area contributed by atoms with E-state index in [0.717, 1.165) is 16.8 Å². The quantitative estimate of drug-likeness (QED) is 0.468. The average molecular weight is 249 g/mol. The molecule has 1 aromatic rings. The zero-order valence-electron chi connectivity index (χ0n) is 11.5. The molecule has 1 rings (SSSR count). The predicted molar refractivity (Wildman–Crippen MR) is 71.0 cm³/mol. The van der Waals surface area contributed by atoms with Crippen molar-refractivity contribution in [2.24, 2.45) is 5.16 Å². The van der Waals surface area contributed by atoms with Crippen molar-refractivity contribution in [2.45, 2.75) is 33.8 Å². The van der Waals surface area contributed by atoms with Gasteiger partial charge in [-0.25, -0.2) is 4.79 Å². The summed E-state index contributed by atoms with van der Waals surface area (Å²) in [6.07, 6.45) is 0.0513. The van der Waals surface area contributed by atoms with Gasteiger partial charge in [-0.3, -0.25) is 0 Å². The fourth-order valence-corrected chi connectivity index (χ4v) is 1.46. The Kier molecular flexibility index (Phi) is 4.89. The van der Waals surface area contributed by atoms with E-state index >= 15 is 0 Å². The maximum Gasteiger partial charge on any atom is 0.338 e. The molecule has 0 aliphatic rings. The monoisotopic (exact) mass is 249 g/mol. The smallest absolute Gasteiger partial charge is 0.338 e. The van der Waals surface area contributed by atoms with E-state index in [1.807, 2.05) is 39.8 Å². The largest absolute Gasteiger partial charge is 0.465 e. The number of ether oxygens (including phenoxy) is 1. The summed E-state index contributed by atoms with van der Waals surface area (Å²) in [5.74, 6) is -0.327. The molecule has 18 heavy (non-hydrogen) atoms. The number of rotatable bonds is 4. The molecule has 0 saturated heterocycles. The van der Waals surface area contributed by atoms with E-state index in [1.54, 1.807) is 6.07 Å². The first kappa shape index (κ1) is 14.2. The minimum atomic E-state index is -0.327. The summed E-state index contributed by atoms with van der Waals surface area (Å²) in [4.78, 5) is 16.6. The number of esters is 1. The molecule has 0 N–H and O–H groups in total. The summed E-state index contributed by atoms with van der Waals surface area (Å²) < 4.78 is 4.70. The Bertz CT molecular complexity index is 464. The van der Waals surface area contributed by atoms with Gasteiger partial charge in [-0.1, -0.05) is 11.2 Å². The van der Waals surface area contributed by atoms with Crippen molar-refractivity contribution in [3.63, 3.8) is 0 Å². The molecule has 0 spiro atoms. The maximum atomic E-state index is 11.5. The molecule has 0 aliphatic carbocycles. The molecule has 0 saturated carbocycles. The molecule has 0 amide bonds. The second-order valence-corrected chi connectivity index (χ2v) is 4.35. The van der Waals surface area contributed by atoms with E-state index in [-0.39, 0.29) is 12.1 Å². The van der Waals surface area contributed by atoms with E-state index in [4.69, 9.17) is 9.57 Å². The number of benzene rings is 1. The molecule has 4 nitrogen and oxygen atoms in total. The van der Waals surface area contributed by atoms with Crippen molar-refractivity contribution in [1.82, 2.24) is 0 Å². The fraction of sp³-hybridized carbons (Fsp3) is 0.429. The standard InChI is InChI=1S/C14H19NO3/c1-9(2)18-15-11(4)12-6-7-13(10(3)8-12)14(16)17-5/h6-9H,1-5H3/b15-11+. The molecule has 0 fully saturated rings. The van der Waals surface area contributed by atoms with Crippen molar-refractivity contribution in [1.29, 1.82) is 0 Å². The Morgan fingerprint density at radius 2 is 2.00 bits per heavy atom. The van der Waals surface area contributed by atoms with Crippen molar-refractivity contribution < 1.29 is 14.4 Å². The lowest BCUT2D eigenvalue weighted by Gasteiger charge is -2.08. The van der Waals surface area contributed by atoms with E-state index in [0.29, 0.717) is 5.56 Å². The number of nitrogens with zero attached hydrogens (tertiary/aromatic N) is 1. The summed E-state index contributed by atoms with van der Waals surface area (Å²) in [5.41, 5.74) is 3.14. The van der Waals surface area contributed by atoms with Crippen molar-refractivity contribution in [2.75, 3.05) is 7.11 Å². The van der Waals surface area contributed by atoms with Gasteiger partial charge in [0.25, 0.3) is 0 Å². The van der Waals surface area contributed by atoms with E-state index in [9.17, 15) is 4.79 Å². The first-order valence-electron chi connectivity index (χ1n) is 5.85. The number of oxime groups is 1. The third kappa shape index (κ3) is 3.58. The highest BCUT2D eigenvalue weighted by molar-refractivity contribution is 6.00. The van der Waals surface area contributed by atoms with Crippen LogP contribution < -0.4 is 0 Å². The second-order valence-electron chi connectivity index (χ2n) is 4.35. The van der Waals surface area contributed by atoms with E-state index in [1.165, 1.54) is 7.11 Å². The third-order valence-corrected chi connectivity index (χ3v) is 2.45. The molecule has 98 valence electrons. The first-order valence-corrected chi connectivity index (χ1v) is 5.85. The van der Waals surface area contributed by atoms with Gasteiger partial charge in [0.15, 0.2) is 0 Å². The van der Waals surface area contributed by atoms with E-state index in [2.05, 4.69) is 5.16 Å². The van der Waals surface area contributed by atoms with Gasteiger partial charge >= 0.3 is 5.97 Å². The van der Waals surface area contributed by atoms with Crippen LogP contribution in [-0.2, 0) is 9.57 Å².